The summed E-state index contributed by atoms with van der Waals surface area (Å²) in [6.45, 7) is 10.3. The Hall–Kier alpha value is -2.59. The molecule has 0 saturated heterocycles. The number of ether oxygens (including phenoxy) is 1. The maximum Gasteiger partial charge on any atom is 0.227 e. The van der Waals surface area contributed by atoms with Crippen molar-refractivity contribution in [2.45, 2.75) is 26.7 Å². The standard InChI is InChI=1S/C24H30N2O2/c1-6-18(7-2)17(3)20-10-13-22-23(16-20)28-24(25-22)19-8-11-21(12-9-19)27-15-14-26(4)5/h8-13,16,18H,3,6-7,14-15H2,1-2,4-5H3. The molecule has 0 unspecified atom stereocenters. The number of fused-ring (bicyclic) bond motifs is 1. The van der Waals surface area contributed by atoms with E-state index in [-0.39, 0.29) is 0 Å². The molecule has 3 rings (SSSR count). The van der Waals surface area contributed by atoms with Gasteiger partial charge in [-0.25, -0.2) is 4.98 Å². The van der Waals surface area contributed by atoms with Crippen molar-refractivity contribution < 1.29 is 9.15 Å². The van der Waals surface area contributed by atoms with Crippen molar-refractivity contribution in [2.24, 2.45) is 5.92 Å². The number of oxazole rings is 1. The van der Waals surface area contributed by atoms with E-state index in [2.05, 4.69) is 42.4 Å². The molecule has 0 aliphatic rings. The number of rotatable bonds is 9. The Morgan fingerprint density at radius 3 is 2.46 bits per heavy atom. The van der Waals surface area contributed by atoms with Crippen LogP contribution in [0.5, 0.6) is 5.75 Å². The highest BCUT2D eigenvalue weighted by Crippen LogP contribution is 2.31. The van der Waals surface area contributed by atoms with E-state index in [1.54, 1.807) is 0 Å². The SMILES string of the molecule is C=C(c1ccc2nc(-c3ccc(OCCN(C)C)cc3)oc2c1)C(CC)CC. The Morgan fingerprint density at radius 1 is 1.11 bits per heavy atom. The second kappa shape index (κ2) is 9.07. The largest absolute Gasteiger partial charge is 0.492 e. The summed E-state index contributed by atoms with van der Waals surface area (Å²) in [5.74, 6) is 1.98. The maximum absolute atomic E-state index is 6.04. The molecule has 0 bridgehead atoms. The van der Waals surface area contributed by atoms with Crippen LogP contribution < -0.4 is 4.74 Å². The van der Waals surface area contributed by atoms with Crippen molar-refractivity contribution in [2.75, 3.05) is 27.2 Å². The lowest BCUT2D eigenvalue weighted by atomic mass is 9.90. The number of hydrogen-bond acceptors (Lipinski definition) is 4. The summed E-state index contributed by atoms with van der Waals surface area (Å²) in [4.78, 5) is 6.74. The first-order chi connectivity index (χ1) is 13.5. The Morgan fingerprint density at radius 2 is 1.82 bits per heavy atom. The van der Waals surface area contributed by atoms with Gasteiger partial charge in [0.05, 0.1) is 0 Å². The van der Waals surface area contributed by atoms with Crippen molar-refractivity contribution in [3.05, 3.63) is 54.6 Å². The lowest BCUT2D eigenvalue weighted by molar-refractivity contribution is 0.261. The second-order valence-electron chi connectivity index (χ2n) is 7.42. The van der Waals surface area contributed by atoms with Crippen molar-refractivity contribution in [3.8, 4) is 17.2 Å². The van der Waals surface area contributed by atoms with Crippen LogP contribution in [-0.2, 0) is 0 Å². The molecule has 4 nitrogen and oxygen atoms in total. The minimum Gasteiger partial charge on any atom is -0.492 e. The fourth-order valence-electron chi connectivity index (χ4n) is 3.30. The molecule has 4 heteroatoms. The van der Waals surface area contributed by atoms with Crippen LogP contribution in [-0.4, -0.2) is 37.1 Å². The topological polar surface area (TPSA) is 38.5 Å². The quantitative estimate of drug-likeness (QED) is 0.466. The Kier molecular flexibility index (Phi) is 6.53. The van der Waals surface area contributed by atoms with Crippen LogP contribution in [0, 0.1) is 5.92 Å². The number of aromatic nitrogens is 1. The van der Waals surface area contributed by atoms with Gasteiger partial charge in [0, 0.05) is 12.1 Å². The molecule has 3 aromatic rings. The first-order valence-electron chi connectivity index (χ1n) is 9.99. The third-order valence-corrected chi connectivity index (χ3v) is 5.15. The van der Waals surface area contributed by atoms with Crippen LogP contribution in [0.2, 0.25) is 0 Å². The molecule has 0 aliphatic heterocycles. The summed E-state index contributed by atoms with van der Waals surface area (Å²) in [5, 5.41) is 0. The van der Waals surface area contributed by atoms with Gasteiger partial charge in [-0.15, -0.1) is 0 Å². The van der Waals surface area contributed by atoms with Crippen molar-refractivity contribution in [1.82, 2.24) is 9.88 Å². The number of allylic oxidation sites excluding steroid dienone is 1. The van der Waals surface area contributed by atoms with Gasteiger partial charge in [0.15, 0.2) is 5.58 Å². The van der Waals surface area contributed by atoms with Gasteiger partial charge < -0.3 is 14.1 Å². The van der Waals surface area contributed by atoms with E-state index >= 15 is 0 Å². The molecule has 0 saturated carbocycles. The van der Waals surface area contributed by atoms with Crippen LogP contribution in [0.1, 0.15) is 32.3 Å². The van der Waals surface area contributed by atoms with E-state index in [0.29, 0.717) is 18.4 Å². The Balaban J connectivity index is 1.77. The molecule has 0 aliphatic carbocycles. The molecule has 0 atom stereocenters. The van der Waals surface area contributed by atoms with E-state index in [0.717, 1.165) is 47.4 Å². The average Bonchev–Trinajstić information content (AvgIpc) is 3.12. The summed E-state index contributed by atoms with van der Waals surface area (Å²) in [6, 6.07) is 14.1. The highest BCUT2D eigenvalue weighted by atomic mass is 16.5. The van der Waals surface area contributed by atoms with Gasteiger partial charge in [-0.1, -0.05) is 26.5 Å². The second-order valence-corrected chi connectivity index (χ2v) is 7.42. The fraction of sp³-hybridized carbons (Fsp3) is 0.375. The van der Waals surface area contributed by atoms with Gasteiger partial charge in [-0.3, -0.25) is 0 Å². The van der Waals surface area contributed by atoms with Gasteiger partial charge in [0.1, 0.15) is 17.9 Å². The van der Waals surface area contributed by atoms with Gasteiger partial charge in [0.2, 0.25) is 5.89 Å². The summed E-state index contributed by atoms with van der Waals surface area (Å²) in [5.41, 5.74) is 4.91. The van der Waals surface area contributed by atoms with E-state index in [4.69, 9.17) is 9.15 Å². The van der Waals surface area contributed by atoms with Gasteiger partial charge in [-0.2, -0.15) is 0 Å². The highest BCUT2D eigenvalue weighted by molar-refractivity contribution is 5.81. The van der Waals surface area contributed by atoms with Gasteiger partial charge in [0.25, 0.3) is 0 Å². The number of nitrogens with zero attached hydrogens (tertiary/aromatic N) is 2. The molecule has 0 fully saturated rings. The average molecular weight is 379 g/mol. The zero-order valence-corrected chi connectivity index (χ0v) is 17.4. The monoisotopic (exact) mass is 378 g/mol. The maximum atomic E-state index is 6.04. The van der Waals surface area contributed by atoms with Crippen LogP contribution in [0.15, 0.2) is 53.5 Å². The third kappa shape index (κ3) is 4.63. The molecule has 1 aromatic heterocycles. The van der Waals surface area contributed by atoms with E-state index in [1.807, 2.05) is 44.4 Å². The number of likely N-dealkylation sites (N-methyl/N-ethyl adjacent to an activating group) is 1. The highest BCUT2D eigenvalue weighted by Gasteiger charge is 2.13. The molecule has 0 radical (unpaired) electrons. The number of hydrogen-bond donors (Lipinski definition) is 0. The zero-order chi connectivity index (χ0) is 20.1. The molecule has 0 N–H and O–H groups in total. The van der Waals surface area contributed by atoms with Crippen LogP contribution in [0.4, 0.5) is 0 Å². The normalized spacial score (nSPS) is 11.5. The summed E-state index contributed by atoms with van der Waals surface area (Å²) in [7, 11) is 4.07. The first-order valence-corrected chi connectivity index (χ1v) is 9.99. The molecule has 0 amide bonds. The number of benzene rings is 2. The minimum atomic E-state index is 0.500. The fourth-order valence-corrected chi connectivity index (χ4v) is 3.30. The summed E-state index contributed by atoms with van der Waals surface area (Å²) < 4.78 is 11.8. The molecular weight excluding hydrogens is 348 g/mol. The van der Waals surface area contributed by atoms with Crippen molar-refractivity contribution in [3.63, 3.8) is 0 Å². The predicted octanol–water partition coefficient (Wildman–Crippen LogP) is 5.88. The summed E-state index contributed by atoms with van der Waals surface area (Å²) in [6.07, 6.45) is 2.19. The van der Waals surface area contributed by atoms with Crippen LogP contribution in [0.25, 0.3) is 28.1 Å². The molecule has 1 heterocycles. The van der Waals surface area contributed by atoms with E-state index in [9.17, 15) is 0 Å². The zero-order valence-electron chi connectivity index (χ0n) is 17.4. The van der Waals surface area contributed by atoms with Crippen molar-refractivity contribution >= 4 is 16.7 Å². The summed E-state index contributed by atoms with van der Waals surface area (Å²) >= 11 is 0. The van der Waals surface area contributed by atoms with Crippen LogP contribution in [0.3, 0.4) is 0 Å². The van der Waals surface area contributed by atoms with Crippen molar-refractivity contribution in [1.29, 1.82) is 0 Å². The van der Waals surface area contributed by atoms with E-state index in [1.165, 1.54) is 5.57 Å². The predicted molar refractivity (Wildman–Crippen MR) is 117 cm³/mol. The molecule has 148 valence electrons. The van der Waals surface area contributed by atoms with Gasteiger partial charge in [-0.05, 0) is 80.4 Å². The first kappa shape index (κ1) is 20.2. The smallest absolute Gasteiger partial charge is 0.227 e. The Bertz CT molecular complexity index is 921. The Labute approximate surface area is 167 Å². The lowest BCUT2D eigenvalue weighted by Crippen LogP contribution is -2.19. The molecule has 0 spiro atoms. The van der Waals surface area contributed by atoms with Gasteiger partial charge >= 0.3 is 0 Å². The third-order valence-electron chi connectivity index (χ3n) is 5.15. The lowest BCUT2D eigenvalue weighted by Gasteiger charge is -2.15. The van der Waals surface area contributed by atoms with E-state index < -0.39 is 0 Å². The minimum absolute atomic E-state index is 0.500. The van der Waals surface area contributed by atoms with Crippen LogP contribution >= 0.6 is 0 Å². The molecule has 2 aromatic carbocycles. The molecule has 28 heavy (non-hydrogen) atoms. The molecular formula is C24H30N2O2.